The molecule has 4 rings (SSSR count). The molecule has 0 atom stereocenters. The molecule has 2 aromatic carbocycles. The van der Waals surface area contributed by atoms with Crippen LogP contribution < -0.4 is 24.4 Å². The number of fused-ring (bicyclic) bond motifs is 2. The van der Waals surface area contributed by atoms with Crippen molar-refractivity contribution in [1.82, 2.24) is 0 Å². The van der Waals surface area contributed by atoms with Crippen molar-refractivity contribution < 1.29 is 23.8 Å². The molecule has 128 valence electrons. The molecule has 25 heavy (non-hydrogen) atoms. The molecule has 0 spiro atoms. The van der Waals surface area contributed by atoms with Crippen LogP contribution in [0.25, 0.3) is 0 Å². The van der Waals surface area contributed by atoms with E-state index in [1.807, 2.05) is 0 Å². The van der Waals surface area contributed by atoms with E-state index in [-0.39, 0.29) is 18.6 Å². The lowest BCUT2D eigenvalue weighted by Crippen LogP contribution is -2.36. The van der Waals surface area contributed by atoms with Crippen molar-refractivity contribution in [3.8, 4) is 17.2 Å². The number of hydrogen-bond acceptors (Lipinski definition) is 5. The summed E-state index contributed by atoms with van der Waals surface area (Å²) in [5.74, 6) is 1.45. The molecular formula is C18H16N2O5. The summed E-state index contributed by atoms with van der Waals surface area (Å²) in [5.41, 5.74) is 1.76. The molecule has 7 nitrogen and oxygen atoms in total. The smallest absolute Gasteiger partial charge is 0.255 e. The van der Waals surface area contributed by atoms with Crippen LogP contribution in [0.4, 0.5) is 11.4 Å². The standard InChI is InChI=1S/C18H16N2O5/c1-11(21)20-6-7-23-16-9-13(3-4-14(16)20)19-18(22)12-2-5-15-17(8-12)25-10-24-15/h2-5,8-9H,6-7,10H2,1H3,(H,19,22). The highest BCUT2D eigenvalue weighted by Crippen LogP contribution is 2.35. The third kappa shape index (κ3) is 2.84. The molecule has 0 fully saturated rings. The van der Waals surface area contributed by atoms with Crippen molar-refractivity contribution in [1.29, 1.82) is 0 Å². The molecule has 0 saturated carbocycles. The molecule has 0 unspecified atom stereocenters. The number of hydrogen-bond donors (Lipinski definition) is 1. The van der Waals surface area contributed by atoms with E-state index in [4.69, 9.17) is 14.2 Å². The fraction of sp³-hybridized carbons (Fsp3) is 0.222. The zero-order valence-corrected chi connectivity index (χ0v) is 13.6. The Balaban J connectivity index is 1.55. The lowest BCUT2D eigenvalue weighted by molar-refractivity contribution is -0.116. The minimum Gasteiger partial charge on any atom is -0.489 e. The number of benzene rings is 2. The van der Waals surface area contributed by atoms with Gasteiger partial charge in [-0.05, 0) is 30.3 Å². The quantitative estimate of drug-likeness (QED) is 0.908. The van der Waals surface area contributed by atoms with Gasteiger partial charge >= 0.3 is 0 Å². The lowest BCUT2D eigenvalue weighted by atomic mass is 10.1. The second-order valence-electron chi connectivity index (χ2n) is 5.72. The van der Waals surface area contributed by atoms with E-state index in [0.29, 0.717) is 47.3 Å². The van der Waals surface area contributed by atoms with Crippen LogP contribution in [0.15, 0.2) is 36.4 Å². The van der Waals surface area contributed by atoms with E-state index < -0.39 is 0 Å². The number of nitrogens with zero attached hydrogens (tertiary/aromatic N) is 1. The zero-order valence-electron chi connectivity index (χ0n) is 13.6. The normalized spacial score (nSPS) is 14.5. The van der Waals surface area contributed by atoms with Crippen LogP contribution in [-0.2, 0) is 4.79 Å². The molecule has 2 amide bonds. The summed E-state index contributed by atoms with van der Waals surface area (Å²) in [6, 6.07) is 10.3. The van der Waals surface area contributed by atoms with Gasteiger partial charge in [-0.2, -0.15) is 0 Å². The Labute approximate surface area is 144 Å². The van der Waals surface area contributed by atoms with Gasteiger partial charge in [0.1, 0.15) is 12.4 Å². The first-order valence-electron chi connectivity index (χ1n) is 7.88. The van der Waals surface area contributed by atoms with Gasteiger partial charge in [0, 0.05) is 24.2 Å². The van der Waals surface area contributed by atoms with Crippen LogP contribution in [0, 0.1) is 0 Å². The van der Waals surface area contributed by atoms with Crippen molar-refractivity contribution >= 4 is 23.2 Å². The maximum absolute atomic E-state index is 12.4. The Morgan fingerprint density at radius 1 is 1.00 bits per heavy atom. The molecule has 1 N–H and O–H groups in total. The molecule has 0 bridgehead atoms. The van der Waals surface area contributed by atoms with Crippen LogP contribution in [0.2, 0.25) is 0 Å². The maximum Gasteiger partial charge on any atom is 0.255 e. The van der Waals surface area contributed by atoms with Gasteiger partial charge in [0.15, 0.2) is 11.5 Å². The predicted octanol–water partition coefficient (Wildman–Crippen LogP) is 2.41. The van der Waals surface area contributed by atoms with Gasteiger partial charge in [-0.1, -0.05) is 0 Å². The number of carbonyl (C=O) groups is 2. The lowest BCUT2D eigenvalue weighted by Gasteiger charge is -2.29. The van der Waals surface area contributed by atoms with Gasteiger partial charge in [-0.15, -0.1) is 0 Å². The van der Waals surface area contributed by atoms with Crippen molar-refractivity contribution in [2.24, 2.45) is 0 Å². The van der Waals surface area contributed by atoms with Gasteiger partial charge in [0.05, 0.1) is 12.2 Å². The number of nitrogens with one attached hydrogen (secondary N) is 1. The third-order valence-electron chi connectivity index (χ3n) is 4.10. The van der Waals surface area contributed by atoms with Crippen LogP contribution in [0.1, 0.15) is 17.3 Å². The molecule has 2 heterocycles. The second-order valence-corrected chi connectivity index (χ2v) is 5.72. The molecule has 2 aliphatic heterocycles. The Kier molecular flexibility index (Phi) is 3.68. The zero-order chi connectivity index (χ0) is 17.4. The highest BCUT2D eigenvalue weighted by Gasteiger charge is 2.22. The first-order valence-corrected chi connectivity index (χ1v) is 7.88. The molecular weight excluding hydrogens is 324 g/mol. The molecule has 0 saturated heterocycles. The van der Waals surface area contributed by atoms with Gasteiger partial charge in [-0.3, -0.25) is 9.59 Å². The van der Waals surface area contributed by atoms with Crippen LogP contribution in [0.5, 0.6) is 17.2 Å². The van der Waals surface area contributed by atoms with Crippen LogP contribution in [0.3, 0.4) is 0 Å². The topological polar surface area (TPSA) is 77.1 Å². The minimum absolute atomic E-state index is 0.0401. The average Bonchev–Trinajstić information content (AvgIpc) is 3.08. The van der Waals surface area contributed by atoms with E-state index in [0.717, 1.165) is 0 Å². The summed E-state index contributed by atoms with van der Waals surface area (Å²) in [6.07, 6.45) is 0. The average molecular weight is 340 g/mol. The fourth-order valence-corrected chi connectivity index (χ4v) is 2.87. The summed E-state index contributed by atoms with van der Waals surface area (Å²) in [6.45, 7) is 2.62. The summed E-state index contributed by atoms with van der Waals surface area (Å²) < 4.78 is 16.1. The van der Waals surface area contributed by atoms with E-state index in [1.165, 1.54) is 6.92 Å². The van der Waals surface area contributed by atoms with Gasteiger partial charge in [0.2, 0.25) is 12.7 Å². The molecule has 2 aliphatic rings. The van der Waals surface area contributed by atoms with Gasteiger partial charge < -0.3 is 24.4 Å². The number of ether oxygens (including phenoxy) is 3. The number of anilines is 2. The molecule has 7 heteroatoms. The summed E-state index contributed by atoms with van der Waals surface area (Å²) >= 11 is 0. The van der Waals surface area contributed by atoms with Crippen molar-refractivity contribution in [3.05, 3.63) is 42.0 Å². The van der Waals surface area contributed by atoms with E-state index in [9.17, 15) is 9.59 Å². The summed E-state index contributed by atoms with van der Waals surface area (Å²) in [7, 11) is 0. The fourth-order valence-electron chi connectivity index (χ4n) is 2.87. The number of rotatable bonds is 2. The molecule has 0 aromatic heterocycles. The Bertz CT molecular complexity index is 865. The Hall–Kier alpha value is -3.22. The second kappa shape index (κ2) is 6.01. The first kappa shape index (κ1) is 15.3. The third-order valence-corrected chi connectivity index (χ3v) is 4.10. The largest absolute Gasteiger partial charge is 0.489 e. The van der Waals surface area contributed by atoms with Crippen LogP contribution in [-0.4, -0.2) is 31.8 Å². The Morgan fingerprint density at radius 3 is 2.68 bits per heavy atom. The van der Waals surface area contributed by atoms with Gasteiger partial charge in [-0.25, -0.2) is 0 Å². The number of amides is 2. The molecule has 2 aromatic rings. The van der Waals surface area contributed by atoms with E-state index >= 15 is 0 Å². The van der Waals surface area contributed by atoms with Crippen LogP contribution >= 0.6 is 0 Å². The molecule has 0 aliphatic carbocycles. The molecule has 0 radical (unpaired) electrons. The highest BCUT2D eigenvalue weighted by atomic mass is 16.7. The minimum atomic E-state index is -0.266. The summed E-state index contributed by atoms with van der Waals surface area (Å²) in [4.78, 5) is 25.8. The van der Waals surface area contributed by atoms with Crippen molar-refractivity contribution in [2.75, 3.05) is 30.2 Å². The van der Waals surface area contributed by atoms with Crippen molar-refractivity contribution in [2.45, 2.75) is 6.92 Å². The monoisotopic (exact) mass is 340 g/mol. The predicted molar refractivity (Wildman–Crippen MR) is 90.5 cm³/mol. The highest BCUT2D eigenvalue weighted by molar-refractivity contribution is 6.05. The Morgan fingerprint density at radius 2 is 1.84 bits per heavy atom. The van der Waals surface area contributed by atoms with E-state index in [2.05, 4.69) is 5.32 Å². The number of carbonyl (C=O) groups excluding carboxylic acids is 2. The maximum atomic E-state index is 12.4. The van der Waals surface area contributed by atoms with Gasteiger partial charge in [0.25, 0.3) is 5.91 Å². The van der Waals surface area contributed by atoms with E-state index in [1.54, 1.807) is 41.3 Å². The van der Waals surface area contributed by atoms with Crippen molar-refractivity contribution in [3.63, 3.8) is 0 Å². The SMILES string of the molecule is CC(=O)N1CCOc2cc(NC(=O)c3ccc4c(c3)OCO4)ccc21. The first-order chi connectivity index (χ1) is 12.1. The summed E-state index contributed by atoms with van der Waals surface area (Å²) in [5, 5.41) is 2.82.